The molecule has 0 aliphatic heterocycles. The van der Waals surface area contributed by atoms with Gasteiger partial charge in [0.25, 0.3) is 0 Å². The van der Waals surface area contributed by atoms with Crippen LogP contribution in [-0.2, 0) is 0 Å². The van der Waals surface area contributed by atoms with Gasteiger partial charge in [0, 0.05) is 21.7 Å². The van der Waals surface area contributed by atoms with E-state index < -0.39 is 0 Å². The second kappa shape index (κ2) is 10.3. The quantitative estimate of drug-likeness (QED) is 0.210. The number of nitrogens with zero attached hydrogens (tertiary/aromatic N) is 3. The summed E-state index contributed by atoms with van der Waals surface area (Å²) in [6.07, 6.45) is 0. The van der Waals surface area contributed by atoms with Crippen LogP contribution in [0.4, 0.5) is 0 Å². The van der Waals surface area contributed by atoms with E-state index in [9.17, 15) is 0 Å². The lowest BCUT2D eigenvalue weighted by molar-refractivity contribution is 1.08. The first-order chi connectivity index (χ1) is 22.3. The van der Waals surface area contributed by atoms with Gasteiger partial charge in [-0.3, -0.25) is 4.57 Å². The van der Waals surface area contributed by atoms with Gasteiger partial charge in [-0.1, -0.05) is 133 Å². The first kappa shape index (κ1) is 25.4. The van der Waals surface area contributed by atoms with Gasteiger partial charge in [-0.2, -0.15) is 0 Å². The topological polar surface area (TPSA) is 30.7 Å². The Balaban J connectivity index is 1.34. The van der Waals surface area contributed by atoms with Crippen molar-refractivity contribution in [2.24, 2.45) is 0 Å². The molecule has 0 unspecified atom stereocenters. The van der Waals surface area contributed by atoms with E-state index in [1.807, 2.05) is 6.07 Å². The smallest absolute Gasteiger partial charge is 0.162 e. The van der Waals surface area contributed by atoms with Crippen LogP contribution >= 0.6 is 0 Å². The molecule has 0 saturated carbocycles. The Bertz CT molecular complexity index is 2510. The molecule has 0 fully saturated rings. The lowest BCUT2D eigenvalue weighted by Crippen LogP contribution is -2.03. The molecule has 9 rings (SSSR count). The predicted octanol–water partition coefficient (Wildman–Crippen LogP) is 10.9. The highest BCUT2D eigenvalue weighted by atomic mass is 15.1. The van der Waals surface area contributed by atoms with E-state index in [4.69, 9.17) is 9.97 Å². The number of hydrogen-bond donors (Lipinski definition) is 0. The molecule has 0 bridgehead atoms. The molecule has 0 radical (unpaired) electrons. The van der Waals surface area contributed by atoms with Gasteiger partial charge in [0.2, 0.25) is 0 Å². The Hall–Kier alpha value is -6.06. The summed E-state index contributed by atoms with van der Waals surface area (Å²) in [4.78, 5) is 10.5. The average molecular weight is 574 g/mol. The zero-order valence-corrected chi connectivity index (χ0v) is 24.4. The van der Waals surface area contributed by atoms with Crippen molar-refractivity contribution in [3.63, 3.8) is 0 Å². The predicted molar refractivity (Wildman–Crippen MR) is 188 cm³/mol. The van der Waals surface area contributed by atoms with Crippen LogP contribution < -0.4 is 0 Å². The van der Waals surface area contributed by atoms with Gasteiger partial charge in [-0.15, -0.1) is 0 Å². The number of aromatic nitrogens is 3. The van der Waals surface area contributed by atoms with Gasteiger partial charge in [-0.05, 0) is 63.4 Å². The van der Waals surface area contributed by atoms with Crippen molar-refractivity contribution in [2.45, 2.75) is 0 Å². The maximum absolute atomic E-state index is 5.38. The molecule has 0 amide bonds. The fourth-order valence-corrected chi connectivity index (χ4v) is 6.55. The van der Waals surface area contributed by atoms with E-state index in [2.05, 4.69) is 162 Å². The van der Waals surface area contributed by atoms with E-state index in [-0.39, 0.29) is 0 Å². The van der Waals surface area contributed by atoms with Crippen molar-refractivity contribution in [2.75, 3.05) is 0 Å². The zero-order valence-electron chi connectivity index (χ0n) is 24.4. The van der Waals surface area contributed by atoms with E-state index in [0.29, 0.717) is 5.82 Å². The van der Waals surface area contributed by atoms with E-state index >= 15 is 0 Å². The molecule has 0 atom stereocenters. The third kappa shape index (κ3) is 4.29. The van der Waals surface area contributed by atoms with Crippen molar-refractivity contribution in [3.8, 4) is 39.5 Å². The van der Waals surface area contributed by atoms with Gasteiger partial charge >= 0.3 is 0 Å². The third-order valence-corrected chi connectivity index (χ3v) is 8.78. The highest BCUT2D eigenvalue weighted by molar-refractivity contribution is 6.14. The molecule has 210 valence electrons. The number of benzene rings is 7. The van der Waals surface area contributed by atoms with Gasteiger partial charge in [0.05, 0.1) is 16.6 Å². The Morgan fingerprint density at radius 1 is 0.356 bits per heavy atom. The number of rotatable bonds is 4. The highest BCUT2D eigenvalue weighted by Gasteiger charge is 2.19. The number of fused-ring (bicyclic) bond motifs is 5. The molecule has 3 heteroatoms. The number of para-hydroxylation sites is 1. The van der Waals surface area contributed by atoms with Crippen LogP contribution in [0.1, 0.15) is 0 Å². The first-order valence-corrected chi connectivity index (χ1v) is 15.3. The van der Waals surface area contributed by atoms with E-state index in [0.717, 1.165) is 38.9 Å². The SMILES string of the molecule is c1ccc(-c2ccc(-c3nc(-n4c5ccccc5c5cc6ccccc6cc54)c4cc(-c5ccccc5)ccc4n3)cc2)cc1. The molecule has 2 heterocycles. The van der Waals surface area contributed by atoms with Crippen LogP contribution in [0.25, 0.3) is 82.9 Å². The van der Waals surface area contributed by atoms with Crippen molar-refractivity contribution < 1.29 is 0 Å². The normalized spacial score (nSPS) is 11.6. The second-order valence-corrected chi connectivity index (χ2v) is 11.5. The second-order valence-electron chi connectivity index (χ2n) is 11.5. The fourth-order valence-electron chi connectivity index (χ4n) is 6.55. The lowest BCUT2D eigenvalue weighted by atomic mass is 10.0. The molecule has 0 saturated heterocycles. The highest BCUT2D eigenvalue weighted by Crippen LogP contribution is 2.38. The van der Waals surface area contributed by atoms with Crippen LogP contribution in [0.15, 0.2) is 164 Å². The fraction of sp³-hybridized carbons (Fsp3) is 0. The summed E-state index contributed by atoms with van der Waals surface area (Å²) in [6.45, 7) is 0. The Kier molecular flexibility index (Phi) is 5.82. The molecule has 0 aliphatic carbocycles. The Morgan fingerprint density at radius 3 is 1.69 bits per heavy atom. The van der Waals surface area contributed by atoms with Crippen molar-refractivity contribution in [3.05, 3.63) is 164 Å². The Morgan fingerprint density at radius 2 is 0.933 bits per heavy atom. The van der Waals surface area contributed by atoms with Crippen LogP contribution in [0.3, 0.4) is 0 Å². The summed E-state index contributed by atoms with van der Waals surface area (Å²) in [5.41, 5.74) is 8.81. The molecule has 9 aromatic rings. The molecular weight excluding hydrogens is 546 g/mol. The Labute approximate surface area is 260 Å². The van der Waals surface area contributed by atoms with Crippen molar-refractivity contribution >= 4 is 43.5 Å². The summed E-state index contributed by atoms with van der Waals surface area (Å²) in [5, 5.41) is 5.86. The molecule has 2 aromatic heterocycles. The van der Waals surface area contributed by atoms with E-state index in [1.165, 1.54) is 38.2 Å². The van der Waals surface area contributed by atoms with Gasteiger partial charge in [-0.25, -0.2) is 9.97 Å². The van der Waals surface area contributed by atoms with Crippen LogP contribution in [-0.4, -0.2) is 14.5 Å². The largest absolute Gasteiger partial charge is 0.293 e. The summed E-state index contributed by atoms with van der Waals surface area (Å²) in [5.74, 6) is 1.58. The monoisotopic (exact) mass is 573 g/mol. The summed E-state index contributed by atoms with van der Waals surface area (Å²) < 4.78 is 2.33. The summed E-state index contributed by atoms with van der Waals surface area (Å²) >= 11 is 0. The van der Waals surface area contributed by atoms with Crippen LogP contribution in [0.5, 0.6) is 0 Å². The van der Waals surface area contributed by atoms with Crippen LogP contribution in [0, 0.1) is 0 Å². The van der Waals surface area contributed by atoms with Crippen molar-refractivity contribution in [1.82, 2.24) is 14.5 Å². The standard InChI is InChI=1S/C42H27N3/c1-3-11-28(12-4-1)30-19-21-31(22-20-30)41-43-38-24-23-34(29-13-5-2-6-14-29)26-37(38)42(44-41)45-39-18-10-9-17-35(39)36-25-32-15-7-8-16-33(32)27-40(36)45/h1-27H. The van der Waals surface area contributed by atoms with Crippen LogP contribution in [0.2, 0.25) is 0 Å². The lowest BCUT2D eigenvalue weighted by Gasteiger charge is -2.14. The third-order valence-electron chi connectivity index (χ3n) is 8.78. The molecule has 0 N–H and O–H groups in total. The summed E-state index contributed by atoms with van der Waals surface area (Å²) in [7, 11) is 0. The summed E-state index contributed by atoms with van der Waals surface area (Å²) in [6, 6.07) is 57.9. The van der Waals surface area contributed by atoms with Gasteiger partial charge < -0.3 is 0 Å². The molecule has 45 heavy (non-hydrogen) atoms. The average Bonchev–Trinajstić information content (AvgIpc) is 3.43. The van der Waals surface area contributed by atoms with Crippen molar-refractivity contribution in [1.29, 1.82) is 0 Å². The minimum Gasteiger partial charge on any atom is -0.293 e. The zero-order chi connectivity index (χ0) is 29.7. The minimum absolute atomic E-state index is 0.705. The maximum Gasteiger partial charge on any atom is 0.162 e. The molecule has 3 nitrogen and oxygen atoms in total. The molecule has 0 spiro atoms. The molecule has 7 aromatic carbocycles. The number of hydrogen-bond acceptors (Lipinski definition) is 2. The van der Waals surface area contributed by atoms with E-state index in [1.54, 1.807) is 0 Å². The minimum atomic E-state index is 0.705. The molecule has 0 aliphatic rings. The van der Waals surface area contributed by atoms with Gasteiger partial charge in [0.15, 0.2) is 5.82 Å². The molecular formula is C42H27N3. The van der Waals surface area contributed by atoms with Gasteiger partial charge in [0.1, 0.15) is 5.82 Å². The first-order valence-electron chi connectivity index (χ1n) is 15.3. The maximum atomic E-state index is 5.38.